The lowest BCUT2D eigenvalue weighted by molar-refractivity contribution is 0.0143. The number of ether oxygens (including phenoxy) is 1. The molecule has 2 heterocycles. The van der Waals surface area contributed by atoms with Crippen molar-refractivity contribution in [2.75, 3.05) is 25.4 Å². The van der Waals surface area contributed by atoms with E-state index in [4.69, 9.17) is 10.5 Å². The van der Waals surface area contributed by atoms with Gasteiger partial charge in [-0.15, -0.1) is 0 Å². The summed E-state index contributed by atoms with van der Waals surface area (Å²) in [6, 6.07) is 0. The number of amides is 1. The van der Waals surface area contributed by atoms with Crippen molar-refractivity contribution in [1.29, 1.82) is 0 Å². The zero-order valence-electron chi connectivity index (χ0n) is 9.76. The van der Waals surface area contributed by atoms with Crippen molar-refractivity contribution >= 4 is 11.7 Å². The molecule has 1 aliphatic heterocycles. The van der Waals surface area contributed by atoms with Gasteiger partial charge in [0.15, 0.2) is 0 Å². The molecule has 17 heavy (non-hydrogen) atoms. The monoisotopic (exact) mass is 240 g/mol. The van der Waals surface area contributed by atoms with E-state index < -0.39 is 0 Å². The smallest absolute Gasteiger partial charge is 0.280 e. The maximum Gasteiger partial charge on any atom is 0.280 e. The third-order valence-electron chi connectivity index (χ3n) is 2.85. The minimum absolute atomic E-state index is 0.0435. The Morgan fingerprint density at radius 3 is 2.76 bits per heavy atom. The Kier molecular flexibility index (Phi) is 3.58. The van der Waals surface area contributed by atoms with Crippen LogP contribution >= 0.6 is 0 Å². The first-order valence-corrected chi connectivity index (χ1v) is 5.71. The summed E-state index contributed by atoms with van der Waals surface area (Å²) >= 11 is 0. The second kappa shape index (κ2) is 5.13. The molecular weight excluding hydrogens is 224 g/mol. The number of likely N-dealkylation sites (tertiary alicyclic amines) is 1. The molecule has 1 aromatic rings. The van der Waals surface area contributed by atoms with Crippen molar-refractivity contribution < 1.29 is 14.2 Å². The average Bonchev–Trinajstić information content (AvgIpc) is 2.76. The Labute approximate surface area is 98.9 Å². The number of carbonyl (C=O) groups is 1. The van der Waals surface area contributed by atoms with Crippen LogP contribution in [0, 0.1) is 0 Å². The zero-order valence-corrected chi connectivity index (χ0v) is 9.76. The molecule has 1 aliphatic rings. The van der Waals surface area contributed by atoms with Crippen molar-refractivity contribution in [3.05, 3.63) is 5.69 Å². The molecular formula is C10H16N4O3. The van der Waals surface area contributed by atoms with E-state index in [1.165, 1.54) is 0 Å². The maximum absolute atomic E-state index is 12.0. The molecule has 7 heteroatoms. The van der Waals surface area contributed by atoms with Gasteiger partial charge in [0.05, 0.1) is 6.10 Å². The summed E-state index contributed by atoms with van der Waals surface area (Å²) in [6.07, 6.45) is 1.92. The molecule has 0 aliphatic carbocycles. The fraction of sp³-hybridized carbons (Fsp3) is 0.700. The van der Waals surface area contributed by atoms with Gasteiger partial charge in [-0.2, -0.15) is 0 Å². The Balaban J connectivity index is 1.93. The van der Waals surface area contributed by atoms with E-state index in [1.807, 2.05) is 6.92 Å². The van der Waals surface area contributed by atoms with E-state index in [1.54, 1.807) is 4.90 Å². The molecule has 0 saturated carbocycles. The molecule has 0 unspecified atom stereocenters. The summed E-state index contributed by atoms with van der Waals surface area (Å²) in [6.45, 7) is 3.98. The van der Waals surface area contributed by atoms with Gasteiger partial charge in [0.2, 0.25) is 11.5 Å². The third-order valence-corrected chi connectivity index (χ3v) is 2.85. The predicted molar refractivity (Wildman–Crippen MR) is 59.3 cm³/mol. The molecule has 2 N–H and O–H groups in total. The first-order chi connectivity index (χ1) is 8.22. The quantitative estimate of drug-likeness (QED) is 0.816. The normalized spacial score (nSPS) is 17.4. The number of piperidine rings is 1. The average molecular weight is 240 g/mol. The van der Waals surface area contributed by atoms with Crippen LogP contribution in [-0.2, 0) is 4.74 Å². The van der Waals surface area contributed by atoms with Crippen LogP contribution in [0.1, 0.15) is 30.3 Å². The fourth-order valence-corrected chi connectivity index (χ4v) is 1.95. The van der Waals surface area contributed by atoms with Gasteiger partial charge >= 0.3 is 0 Å². The SMILES string of the molecule is CCOC1CCN(C(=O)c2nonc2N)CC1. The molecule has 2 rings (SSSR count). The van der Waals surface area contributed by atoms with Crippen LogP contribution in [0.2, 0.25) is 0 Å². The number of rotatable bonds is 3. The predicted octanol–water partition coefficient (Wildman–Crippen LogP) is 0.293. The Hall–Kier alpha value is -1.63. The second-order valence-corrected chi connectivity index (χ2v) is 3.94. The largest absolute Gasteiger partial charge is 0.379 e. The van der Waals surface area contributed by atoms with E-state index in [2.05, 4.69) is 14.9 Å². The molecule has 0 radical (unpaired) electrons. The number of hydrogen-bond acceptors (Lipinski definition) is 6. The molecule has 94 valence electrons. The van der Waals surface area contributed by atoms with E-state index in [0.717, 1.165) is 12.8 Å². The highest BCUT2D eigenvalue weighted by atomic mass is 16.6. The molecule has 0 aromatic carbocycles. The zero-order chi connectivity index (χ0) is 12.3. The summed E-state index contributed by atoms with van der Waals surface area (Å²) < 4.78 is 9.94. The number of anilines is 1. The second-order valence-electron chi connectivity index (χ2n) is 3.94. The van der Waals surface area contributed by atoms with Crippen LogP contribution in [0.4, 0.5) is 5.82 Å². The molecule has 0 bridgehead atoms. The van der Waals surface area contributed by atoms with Crippen molar-refractivity contribution in [3.63, 3.8) is 0 Å². The number of nitrogen functional groups attached to an aromatic ring is 1. The van der Waals surface area contributed by atoms with E-state index in [9.17, 15) is 4.79 Å². The maximum atomic E-state index is 12.0. The van der Waals surface area contributed by atoms with E-state index in [-0.39, 0.29) is 23.5 Å². The van der Waals surface area contributed by atoms with E-state index in [0.29, 0.717) is 19.7 Å². The number of hydrogen-bond donors (Lipinski definition) is 1. The minimum atomic E-state index is -0.223. The Morgan fingerprint density at radius 1 is 1.53 bits per heavy atom. The first kappa shape index (κ1) is 11.8. The highest BCUT2D eigenvalue weighted by molar-refractivity contribution is 5.96. The fourth-order valence-electron chi connectivity index (χ4n) is 1.95. The topological polar surface area (TPSA) is 94.5 Å². The lowest BCUT2D eigenvalue weighted by Crippen LogP contribution is -2.41. The number of carbonyl (C=O) groups excluding carboxylic acids is 1. The van der Waals surface area contributed by atoms with Crippen LogP contribution in [-0.4, -0.2) is 46.9 Å². The van der Waals surface area contributed by atoms with Crippen LogP contribution in [0.25, 0.3) is 0 Å². The van der Waals surface area contributed by atoms with Crippen molar-refractivity contribution in [2.24, 2.45) is 0 Å². The van der Waals surface area contributed by atoms with Crippen LogP contribution in [0.5, 0.6) is 0 Å². The summed E-state index contributed by atoms with van der Waals surface area (Å²) in [5.74, 6) is -0.180. The molecule has 0 atom stereocenters. The summed E-state index contributed by atoms with van der Waals surface area (Å²) in [5, 5.41) is 6.91. The van der Waals surface area contributed by atoms with Gasteiger partial charge < -0.3 is 15.4 Å². The molecule has 7 nitrogen and oxygen atoms in total. The van der Waals surface area contributed by atoms with Crippen LogP contribution < -0.4 is 5.73 Å². The summed E-state index contributed by atoms with van der Waals surface area (Å²) in [7, 11) is 0. The number of aromatic nitrogens is 2. The van der Waals surface area contributed by atoms with Gasteiger partial charge in [0.25, 0.3) is 5.91 Å². The third kappa shape index (κ3) is 2.55. The lowest BCUT2D eigenvalue weighted by Gasteiger charge is -2.31. The van der Waals surface area contributed by atoms with Gasteiger partial charge in [-0.05, 0) is 30.1 Å². The highest BCUT2D eigenvalue weighted by Gasteiger charge is 2.27. The van der Waals surface area contributed by atoms with E-state index >= 15 is 0 Å². The minimum Gasteiger partial charge on any atom is -0.379 e. The van der Waals surface area contributed by atoms with Gasteiger partial charge in [-0.25, -0.2) is 4.63 Å². The van der Waals surface area contributed by atoms with Gasteiger partial charge in [-0.3, -0.25) is 4.79 Å². The van der Waals surface area contributed by atoms with Crippen LogP contribution in [0.3, 0.4) is 0 Å². The molecule has 1 amide bonds. The van der Waals surface area contributed by atoms with Crippen molar-refractivity contribution in [1.82, 2.24) is 15.2 Å². The van der Waals surface area contributed by atoms with Gasteiger partial charge in [0, 0.05) is 19.7 Å². The highest BCUT2D eigenvalue weighted by Crippen LogP contribution is 2.17. The van der Waals surface area contributed by atoms with Crippen molar-refractivity contribution in [2.45, 2.75) is 25.9 Å². The summed E-state index contributed by atoms with van der Waals surface area (Å²) in [5.41, 5.74) is 5.58. The summed E-state index contributed by atoms with van der Waals surface area (Å²) in [4.78, 5) is 13.7. The Morgan fingerprint density at radius 2 is 2.24 bits per heavy atom. The number of nitrogens with two attached hydrogens (primary N) is 1. The first-order valence-electron chi connectivity index (χ1n) is 5.71. The van der Waals surface area contributed by atoms with Crippen LogP contribution in [0.15, 0.2) is 4.63 Å². The van der Waals surface area contributed by atoms with Gasteiger partial charge in [0.1, 0.15) is 0 Å². The standard InChI is InChI=1S/C10H16N4O3/c1-2-16-7-3-5-14(6-4-7)10(15)8-9(11)13-17-12-8/h7H,2-6H2,1H3,(H2,11,13). The van der Waals surface area contributed by atoms with Gasteiger partial charge in [-0.1, -0.05) is 0 Å². The molecule has 0 spiro atoms. The number of nitrogens with zero attached hydrogens (tertiary/aromatic N) is 3. The Bertz CT molecular complexity index is 385. The molecule has 1 fully saturated rings. The lowest BCUT2D eigenvalue weighted by atomic mass is 10.1. The molecule has 1 aromatic heterocycles. The van der Waals surface area contributed by atoms with Crippen molar-refractivity contribution in [3.8, 4) is 0 Å². The molecule has 1 saturated heterocycles.